The van der Waals surface area contributed by atoms with E-state index in [-0.39, 0.29) is 0 Å². The predicted molar refractivity (Wildman–Crippen MR) is 130 cm³/mol. The Kier molecular flexibility index (Phi) is 11.5. The maximum Gasteiger partial charge on any atom is 0.490 e. The number of nitrogens with one attached hydrogen (secondary N) is 2. The Labute approximate surface area is 229 Å². The van der Waals surface area contributed by atoms with Gasteiger partial charge in [-0.1, -0.05) is 0 Å². The molecule has 0 atom stereocenters. The van der Waals surface area contributed by atoms with E-state index in [0.29, 0.717) is 18.8 Å². The summed E-state index contributed by atoms with van der Waals surface area (Å²) in [4.78, 5) is 29.9. The molecule has 0 spiro atoms. The zero-order valence-corrected chi connectivity index (χ0v) is 21.5. The van der Waals surface area contributed by atoms with Crippen LogP contribution in [0.2, 0.25) is 0 Å². The number of fused-ring (bicyclic) bond motifs is 1. The molecule has 0 radical (unpaired) electrons. The van der Waals surface area contributed by atoms with E-state index in [2.05, 4.69) is 36.2 Å². The lowest BCUT2D eigenvalue weighted by atomic mass is 10.2. The number of pyridine rings is 1. The molecule has 4 N–H and O–H groups in total. The summed E-state index contributed by atoms with van der Waals surface area (Å²) in [5, 5.41) is 17.5. The minimum atomic E-state index is -5.08. The van der Waals surface area contributed by atoms with Gasteiger partial charge in [0.2, 0.25) is 0 Å². The average Bonchev–Trinajstić information content (AvgIpc) is 3.53. The van der Waals surface area contributed by atoms with Crippen molar-refractivity contribution in [2.45, 2.75) is 18.9 Å². The zero-order valence-electron chi connectivity index (χ0n) is 19.9. The number of hydrogen-bond acceptors (Lipinski definition) is 7. The summed E-state index contributed by atoms with van der Waals surface area (Å²) in [6.45, 7) is 2.03. The smallest absolute Gasteiger partial charge is 0.490 e. The first-order chi connectivity index (χ1) is 18.7. The van der Waals surface area contributed by atoms with Crippen LogP contribution >= 0.6 is 15.9 Å². The van der Waals surface area contributed by atoms with E-state index in [1.54, 1.807) is 12.5 Å². The number of aromatic amines is 1. The molecule has 0 bridgehead atoms. The quantitative estimate of drug-likeness (QED) is 0.153. The summed E-state index contributed by atoms with van der Waals surface area (Å²) < 4.78 is 75.4. The lowest BCUT2D eigenvalue weighted by molar-refractivity contribution is -0.193. The number of furan rings is 1. The third-order valence-electron chi connectivity index (χ3n) is 4.34. The molecule has 0 saturated heterocycles. The Morgan fingerprint density at radius 3 is 2.15 bits per heavy atom. The van der Waals surface area contributed by atoms with Crippen molar-refractivity contribution in [2.24, 2.45) is 0 Å². The van der Waals surface area contributed by atoms with Gasteiger partial charge in [-0.3, -0.25) is 0 Å². The highest BCUT2D eigenvalue weighted by molar-refractivity contribution is 9.10. The number of benzene rings is 1. The van der Waals surface area contributed by atoms with E-state index < -0.39 is 24.3 Å². The fourth-order valence-corrected chi connectivity index (χ4v) is 2.92. The van der Waals surface area contributed by atoms with Gasteiger partial charge in [0.15, 0.2) is 5.65 Å². The van der Waals surface area contributed by atoms with Gasteiger partial charge in [0.05, 0.1) is 18.3 Å². The first-order valence-electron chi connectivity index (χ1n) is 10.7. The predicted octanol–water partition coefficient (Wildman–Crippen LogP) is 5.42. The number of carbonyl (C=O) groups is 2. The van der Waals surface area contributed by atoms with Crippen LogP contribution in [0.3, 0.4) is 0 Å². The van der Waals surface area contributed by atoms with Crippen molar-refractivity contribution in [3.8, 4) is 17.1 Å². The van der Waals surface area contributed by atoms with Crippen molar-refractivity contribution in [1.82, 2.24) is 20.3 Å². The molecule has 1 aromatic carbocycles. The van der Waals surface area contributed by atoms with Crippen molar-refractivity contribution in [1.29, 1.82) is 0 Å². The Bertz CT molecular complexity index is 1350. The van der Waals surface area contributed by atoms with Gasteiger partial charge in [-0.05, 0) is 58.4 Å². The summed E-state index contributed by atoms with van der Waals surface area (Å²) in [5.74, 6) is -2.98. The molecule has 0 unspecified atom stereocenters. The van der Waals surface area contributed by atoms with Crippen LogP contribution in [0, 0.1) is 0 Å². The van der Waals surface area contributed by atoms with Crippen LogP contribution in [0.25, 0.3) is 22.6 Å². The molecule has 4 rings (SSSR count). The molecule has 0 aliphatic heterocycles. The van der Waals surface area contributed by atoms with Gasteiger partial charge in [-0.2, -0.15) is 26.3 Å². The summed E-state index contributed by atoms with van der Waals surface area (Å²) in [6, 6.07) is 13.6. The molecule has 216 valence electrons. The van der Waals surface area contributed by atoms with Crippen molar-refractivity contribution >= 4 is 39.0 Å². The van der Waals surface area contributed by atoms with E-state index in [1.807, 2.05) is 42.5 Å². The second-order valence-corrected chi connectivity index (χ2v) is 8.26. The summed E-state index contributed by atoms with van der Waals surface area (Å²) in [6.07, 6.45) is -6.75. The number of carboxylic acids is 2. The molecule has 0 aliphatic rings. The third kappa shape index (κ3) is 10.9. The molecule has 0 fully saturated rings. The van der Waals surface area contributed by atoms with Gasteiger partial charge in [-0.25, -0.2) is 19.6 Å². The molecule has 10 nitrogen and oxygen atoms in total. The maximum atomic E-state index is 10.6. The van der Waals surface area contributed by atoms with Gasteiger partial charge in [0.25, 0.3) is 0 Å². The van der Waals surface area contributed by atoms with Gasteiger partial charge < -0.3 is 29.7 Å². The highest BCUT2D eigenvalue weighted by atomic mass is 79.9. The fraction of sp³-hybridized carbons (Fsp3) is 0.217. The molecule has 0 saturated carbocycles. The highest BCUT2D eigenvalue weighted by Gasteiger charge is 2.38. The number of nitrogens with zero attached hydrogens (tertiary/aromatic N) is 2. The lowest BCUT2D eigenvalue weighted by Gasteiger charge is -2.07. The third-order valence-corrected chi connectivity index (χ3v) is 4.78. The van der Waals surface area contributed by atoms with Crippen molar-refractivity contribution < 1.29 is 55.3 Å². The number of ether oxygens (including phenoxy) is 1. The fourth-order valence-electron chi connectivity index (χ4n) is 2.59. The first-order valence-corrected chi connectivity index (χ1v) is 11.5. The molecule has 0 amide bonds. The molecule has 3 aromatic heterocycles. The standard InChI is InChI=1S/C19H17BrN4O2.2C2HF3O2/c20-14-10-17-19(22-11-14)24-18(23-17)13-3-5-15(6-4-13)26-9-7-21-12-16-2-1-8-25-16;2*3-2(4,5)1(6)7/h1-6,8,10-11,21H,7,9,12H2,(H,22,23,24);2*(H,6,7). The monoisotopic (exact) mass is 640 g/mol. The summed E-state index contributed by atoms with van der Waals surface area (Å²) >= 11 is 3.42. The molecule has 4 aromatic rings. The normalized spacial score (nSPS) is 11.2. The summed E-state index contributed by atoms with van der Waals surface area (Å²) in [5.41, 5.74) is 2.59. The largest absolute Gasteiger partial charge is 0.492 e. The Morgan fingerprint density at radius 2 is 1.62 bits per heavy atom. The number of alkyl halides is 6. The molecular weight excluding hydrogens is 622 g/mol. The van der Waals surface area contributed by atoms with E-state index in [0.717, 1.165) is 39.4 Å². The van der Waals surface area contributed by atoms with Crippen LogP contribution in [0.15, 0.2) is 63.8 Å². The summed E-state index contributed by atoms with van der Waals surface area (Å²) in [7, 11) is 0. The number of hydrogen-bond donors (Lipinski definition) is 4. The van der Waals surface area contributed by atoms with Gasteiger partial charge >= 0.3 is 24.3 Å². The minimum absolute atomic E-state index is 0.586. The molecule has 0 aliphatic carbocycles. The van der Waals surface area contributed by atoms with Crippen molar-refractivity contribution in [3.63, 3.8) is 0 Å². The SMILES string of the molecule is Brc1cnc2nc(-c3ccc(OCCNCc4ccco4)cc3)[nH]c2c1.O=C(O)C(F)(F)F.O=C(O)C(F)(F)F. The number of aromatic nitrogens is 3. The average molecular weight is 641 g/mol. The molecule has 40 heavy (non-hydrogen) atoms. The van der Waals surface area contributed by atoms with E-state index in [4.69, 9.17) is 29.0 Å². The van der Waals surface area contributed by atoms with Crippen molar-refractivity contribution in [3.05, 3.63) is 65.2 Å². The van der Waals surface area contributed by atoms with Gasteiger partial charge in [0, 0.05) is 22.8 Å². The lowest BCUT2D eigenvalue weighted by Crippen LogP contribution is -2.21. The van der Waals surface area contributed by atoms with E-state index in [9.17, 15) is 26.3 Å². The number of aliphatic carboxylic acids is 2. The molecular formula is C23H19BrF6N4O6. The van der Waals surface area contributed by atoms with Gasteiger partial charge in [-0.15, -0.1) is 0 Å². The Balaban J connectivity index is 0.000000333. The van der Waals surface area contributed by atoms with Crippen LogP contribution in [0.1, 0.15) is 5.76 Å². The Morgan fingerprint density at radius 1 is 1.02 bits per heavy atom. The van der Waals surface area contributed by atoms with Crippen LogP contribution in [0.4, 0.5) is 26.3 Å². The maximum absolute atomic E-state index is 10.6. The van der Waals surface area contributed by atoms with Crippen molar-refractivity contribution in [2.75, 3.05) is 13.2 Å². The molecule has 17 heteroatoms. The minimum Gasteiger partial charge on any atom is -0.492 e. The van der Waals surface area contributed by atoms with E-state index >= 15 is 0 Å². The van der Waals surface area contributed by atoms with Crippen LogP contribution < -0.4 is 10.1 Å². The second kappa shape index (κ2) is 14.3. The number of rotatable bonds is 7. The van der Waals surface area contributed by atoms with Crippen LogP contribution in [0.5, 0.6) is 5.75 Å². The highest BCUT2D eigenvalue weighted by Crippen LogP contribution is 2.23. The van der Waals surface area contributed by atoms with E-state index in [1.165, 1.54) is 0 Å². The molecule has 3 heterocycles. The van der Waals surface area contributed by atoms with Crippen LogP contribution in [-0.2, 0) is 16.1 Å². The zero-order chi connectivity index (χ0) is 29.9. The second-order valence-electron chi connectivity index (χ2n) is 7.34. The first kappa shape index (κ1) is 32.1. The van der Waals surface area contributed by atoms with Crippen LogP contribution in [-0.4, -0.2) is 62.6 Å². The Hall–Kier alpha value is -4.12. The topological polar surface area (TPSA) is 151 Å². The number of carboxylic acid groups (broad SMARTS) is 2. The number of H-pyrrole nitrogens is 1. The number of halogens is 7. The van der Waals surface area contributed by atoms with Gasteiger partial charge in [0.1, 0.15) is 23.9 Å². The number of imidazole rings is 1.